The second-order valence-corrected chi connectivity index (χ2v) is 4.64. The highest BCUT2D eigenvalue weighted by Crippen LogP contribution is 2.43. The summed E-state index contributed by atoms with van der Waals surface area (Å²) in [6, 6.07) is 3.92. The molecule has 0 unspecified atom stereocenters. The van der Waals surface area contributed by atoms with Gasteiger partial charge >= 0.3 is 11.5 Å². The summed E-state index contributed by atoms with van der Waals surface area (Å²) in [5.74, 6) is -0.916. The van der Waals surface area contributed by atoms with Gasteiger partial charge in [0.2, 0.25) is 0 Å². The Morgan fingerprint density at radius 2 is 2.16 bits per heavy atom. The summed E-state index contributed by atoms with van der Waals surface area (Å²) in [5.41, 5.74) is -5.08. The predicted octanol–water partition coefficient (Wildman–Crippen LogP) is 4.00. The molecule has 0 aliphatic carbocycles. The monoisotopic (exact) mass is 309 g/mol. The highest BCUT2D eigenvalue weighted by Gasteiger charge is 2.33. The fourth-order valence-corrected chi connectivity index (χ4v) is 2.24. The highest BCUT2D eigenvalue weighted by molar-refractivity contribution is 8.00. The zero-order chi connectivity index (χ0) is 14.6. The van der Waals surface area contributed by atoms with Crippen molar-refractivity contribution in [3.8, 4) is 6.07 Å². The molecule has 0 fully saturated rings. The van der Waals surface area contributed by atoms with Gasteiger partial charge in [-0.1, -0.05) is 11.6 Å². The minimum absolute atomic E-state index is 0.0204. The largest absolute Gasteiger partial charge is 0.462 e. The number of hydrogen-bond acceptors (Lipinski definition) is 4. The third-order valence-corrected chi connectivity index (χ3v) is 3.29. The fourth-order valence-electron chi connectivity index (χ4n) is 1.23. The van der Waals surface area contributed by atoms with Crippen molar-refractivity contribution in [1.29, 1.82) is 5.26 Å². The van der Waals surface area contributed by atoms with E-state index in [1.807, 2.05) is 0 Å². The van der Waals surface area contributed by atoms with Crippen molar-refractivity contribution in [2.45, 2.75) is 17.3 Å². The number of nitrogens with zero attached hydrogens (tertiary/aromatic N) is 1. The van der Waals surface area contributed by atoms with Crippen LogP contribution in [-0.4, -0.2) is 18.1 Å². The van der Waals surface area contributed by atoms with E-state index in [4.69, 9.17) is 16.9 Å². The smallest absolute Gasteiger partial charge is 0.446 e. The molecule has 0 heterocycles. The molecular formula is C11H7ClF3NO2S. The van der Waals surface area contributed by atoms with E-state index in [1.54, 1.807) is 6.07 Å². The average Bonchev–Trinajstić information content (AvgIpc) is 2.30. The third kappa shape index (κ3) is 4.04. The van der Waals surface area contributed by atoms with Crippen molar-refractivity contribution >= 4 is 29.3 Å². The third-order valence-electron chi connectivity index (χ3n) is 1.93. The first-order chi connectivity index (χ1) is 8.80. The van der Waals surface area contributed by atoms with E-state index >= 15 is 0 Å². The minimum atomic E-state index is -4.63. The van der Waals surface area contributed by atoms with E-state index in [0.717, 1.165) is 6.07 Å². The maximum absolute atomic E-state index is 12.5. The molecule has 0 aromatic heterocycles. The van der Waals surface area contributed by atoms with E-state index in [9.17, 15) is 18.0 Å². The normalized spacial score (nSPS) is 10.9. The Hall–Kier alpha value is -1.39. The van der Waals surface area contributed by atoms with Gasteiger partial charge in [0.1, 0.15) is 6.07 Å². The second kappa shape index (κ2) is 6.17. The van der Waals surface area contributed by atoms with E-state index < -0.39 is 33.2 Å². The number of benzene rings is 1. The van der Waals surface area contributed by atoms with Crippen molar-refractivity contribution in [2.75, 3.05) is 6.61 Å². The first kappa shape index (κ1) is 15.7. The molecule has 0 aliphatic heterocycles. The van der Waals surface area contributed by atoms with Crippen LogP contribution >= 0.6 is 23.4 Å². The molecule has 0 N–H and O–H groups in total. The number of hydrogen-bond donors (Lipinski definition) is 0. The number of thioether (sulfide) groups is 1. The quantitative estimate of drug-likeness (QED) is 0.625. The summed E-state index contributed by atoms with van der Waals surface area (Å²) >= 11 is 5.17. The van der Waals surface area contributed by atoms with Gasteiger partial charge in [0.05, 0.1) is 27.7 Å². The van der Waals surface area contributed by atoms with Crippen LogP contribution in [0, 0.1) is 11.3 Å². The lowest BCUT2D eigenvalue weighted by Gasteiger charge is -2.12. The van der Waals surface area contributed by atoms with Crippen LogP contribution in [0.25, 0.3) is 0 Å². The van der Waals surface area contributed by atoms with E-state index in [2.05, 4.69) is 4.74 Å². The van der Waals surface area contributed by atoms with Crippen LogP contribution in [0.1, 0.15) is 22.8 Å². The number of esters is 1. The summed E-state index contributed by atoms with van der Waals surface area (Å²) in [7, 11) is 0. The lowest BCUT2D eigenvalue weighted by molar-refractivity contribution is -0.0328. The number of nitriles is 1. The maximum Gasteiger partial charge on any atom is 0.446 e. The van der Waals surface area contributed by atoms with Crippen LogP contribution < -0.4 is 0 Å². The van der Waals surface area contributed by atoms with Crippen molar-refractivity contribution in [3.05, 3.63) is 28.3 Å². The predicted molar refractivity (Wildman–Crippen MR) is 64.0 cm³/mol. The molecule has 0 spiro atoms. The van der Waals surface area contributed by atoms with E-state index in [-0.39, 0.29) is 17.7 Å². The van der Waals surface area contributed by atoms with Gasteiger partial charge in [0.15, 0.2) is 0 Å². The van der Waals surface area contributed by atoms with Gasteiger partial charge < -0.3 is 4.74 Å². The molecule has 0 aliphatic rings. The Morgan fingerprint density at radius 3 is 2.63 bits per heavy atom. The van der Waals surface area contributed by atoms with Gasteiger partial charge in [-0.05, 0) is 30.8 Å². The Bertz CT molecular complexity index is 540. The van der Waals surface area contributed by atoms with Crippen molar-refractivity contribution in [1.82, 2.24) is 0 Å². The number of halogens is 4. The van der Waals surface area contributed by atoms with Crippen LogP contribution in [0.15, 0.2) is 17.0 Å². The Labute approximate surface area is 116 Å². The molecule has 8 heteroatoms. The van der Waals surface area contributed by atoms with Crippen LogP contribution in [0.2, 0.25) is 5.02 Å². The molecule has 1 rings (SSSR count). The first-order valence-corrected chi connectivity index (χ1v) is 6.15. The molecule has 0 saturated heterocycles. The van der Waals surface area contributed by atoms with Crippen molar-refractivity contribution < 1.29 is 22.7 Å². The van der Waals surface area contributed by atoms with Gasteiger partial charge in [-0.3, -0.25) is 0 Å². The molecule has 19 heavy (non-hydrogen) atoms. The molecule has 0 atom stereocenters. The molecule has 3 nitrogen and oxygen atoms in total. The van der Waals surface area contributed by atoms with Crippen LogP contribution in [0.3, 0.4) is 0 Å². The van der Waals surface area contributed by atoms with Crippen molar-refractivity contribution in [3.63, 3.8) is 0 Å². The average molecular weight is 310 g/mol. The number of alkyl halides is 3. The second-order valence-electron chi connectivity index (χ2n) is 3.18. The van der Waals surface area contributed by atoms with E-state index in [0.29, 0.717) is 0 Å². The standard InChI is InChI=1S/C11H7ClF3NO2S/c1-2-18-10(17)7-4-3-6(5-16)8(12)9(7)19-11(13,14)15/h3-4H,2H2,1H3. The van der Waals surface area contributed by atoms with Crippen LogP contribution in [-0.2, 0) is 4.74 Å². The number of carbonyl (C=O) groups excluding carboxylic acids is 1. The molecule has 102 valence electrons. The van der Waals surface area contributed by atoms with Crippen molar-refractivity contribution in [2.24, 2.45) is 0 Å². The number of ether oxygens (including phenoxy) is 1. The van der Waals surface area contributed by atoms with Gasteiger partial charge in [0.25, 0.3) is 0 Å². The summed E-state index contributed by atoms with van der Waals surface area (Å²) in [6.45, 7) is 1.55. The summed E-state index contributed by atoms with van der Waals surface area (Å²) in [5, 5.41) is 8.33. The molecule has 1 aromatic carbocycles. The van der Waals surface area contributed by atoms with Gasteiger partial charge in [0, 0.05) is 0 Å². The Balaban J connectivity index is 3.35. The maximum atomic E-state index is 12.5. The lowest BCUT2D eigenvalue weighted by Crippen LogP contribution is -2.09. The highest BCUT2D eigenvalue weighted by atomic mass is 35.5. The molecule has 1 aromatic rings. The fraction of sp³-hybridized carbons (Fsp3) is 0.273. The summed E-state index contributed by atoms with van der Waals surface area (Å²) in [4.78, 5) is 11.0. The molecule has 0 bridgehead atoms. The zero-order valence-electron chi connectivity index (χ0n) is 9.55. The molecular weight excluding hydrogens is 303 g/mol. The van der Waals surface area contributed by atoms with Gasteiger partial charge in [-0.15, -0.1) is 0 Å². The summed E-state index contributed by atoms with van der Waals surface area (Å²) < 4.78 is 42.0. The number of rotatable bonds is 3. The zero-order valence-corrected chi connectivity index (χ0v) is 11.1. The molecule has 0 amide bonds. The minimum Gasteiger partial charge on any atom is -0.462 e. The van der Waals surface area contributed by atoms with E-state index in [1.165, 1.54) is 13.0 Å². The topological polar surface area (TPSA) is 50.1 Å². The Kier molecular flexibility index (Phi) is 5.09. The molecule has 0 saturated carbocycles. The van der Waals surface area contributed by atoms with Gasteiger partial charge in [-0.25, -0.2) is 4.79 Å². The summed E-state index contributed by atoms with van der Waals surface area (Å²) in [6.07, 6.45) is 0. The Morgan fingerprint density at radius 1 is 1.53 bits per heavy atom. The molecule has 0 radical (unpaired) electrons. The first-order valence-electron chi connectivity index (χ1n) is 4.95. The SMILES string of the molecule is CCOC(=O)c1ccc(C#N)c(Cl)c1SC(F)(F)F. The lowest BCUT2D eigenvalue weighted by atomic mass is 10.1. The van der Waals surface area contributed by atoms with Crippen LogP contribution in [0.4, 0.5) is 13.2 Å². The van der Waals surface area contributed by atoms with Crippen LogP contribution in [0.5, 0.6) is 0 Å². The number of carbonyl (C=O) groups is 1. The van der Waals surface area contributed by atoms with Gasteiger partial charge in [-0.2, -0.15) is 18.4 Å².